The van der Waals surface area contributed by atoms with Crippen LogP contribution in [0.3, 0.4) is 0 Å². The van der Waals surface area contributed by atoms with Crippen molar-refractivity contribution in [2.24, 2.45) is 0 Å². The zero-order valence-corrected chi connectivity index (χ0v) is 21.6. The molecule has 1 fully saturated rings. The van der Waals surface area contributed by atoms with E-state index < -0.39 is 15.8 Å². The van der Waals surface area contributed by atoms with Crippen LogP contribution in [0.15, 0.2) is 78.0 Å². The summed E-state index contributed by atoms with van der Waals surface area (Å²) in [5.74, 6) is -0.561. The second kappa shape index (κ2) is 11.3. The van der Waals surface area contributed by atoms with Crippen molar-refractivity contribution < 1.29 is 17.5 Å². The largest absolute Gasteiger partial charge is 0.435 e. The molecule has 0 saturated carbocycles. The Hall–Kier alpha value is -3.80. The second-order valence-electron chi connectivity index (χ2n) is 8.56. The number of hydrogen-bond donors (Lipinski definition) is 3. The van der Waals surface area contributed by atoms with E-state index >= 15 is 4.39 Å². The number of anilines is 2. The predicted molar refractivity (Wildman–Crippen MR) is 144 cm³/mol. The average molecular weight is 555 g/mol. The van der Waals surface area contributed by atoms with Gasteiger partial charge in [0.15, 0.2) is 11.6 Å². The van der Waals surface area contributed by atoms with Crippen LogP contribution in [0.25, 0.3) is 11.3 Å². The molecular formula is C26H24ClFN6O3S. The van der Waals surface area contributed by atoms with Crippen molar-refractivity contribution in [3.8, 4) is 22.9 Å². The van der Waals surface area contributed by atoms with E-state index in [4.69, 9.17) is 16.3 Å². The Morgan fingerprint density at radius 1 is 1.03 bits per heavy atom. The van der Waals surface area contributed by atoms with Gasteiger partial charge in [-0.3, -0.25) is 4.72 Å². The third-order valence-corrected chi connectivity index (χ3v) is 7.74. The molecule has 1 aliphatic rings. The number of nitrogens with one attached hydrogen (secondary N) is 3. The van der Waals surface area contributed by atoms with Gasteiger partial charge in [0.2, 0.25) is 11.8 Å². The SMILES string of the molecule is O=S(=O)(Nc1cccc(Oc2ncccc2-c2ccnc(NC3CCCNC3)n2)c1F)c1ccccc1Cl. The van der Waals surface area contributed by atoms with Gasteiger partial charge in [-0.1, -0.05) is 29.8 Å². The van der Waals surface area contributed by atoms with Gasteiger partial charge in [-0.15, -0.1) is 0 Å². The predicted octanol–water partition coefficient (Wildman–Crippen LogP) is 5.09. The Balaban J connectivity index is 1.40. The monoisotopic (exact) mass is 554 g/mol. The van der Waals surface area contributed by atoms with Gasteiger partial charge in [0.1, 0.15) is 4.90 Å². The number of benzene rings is 2. The van der Waals surface area contributed by atoms with E-state index in [0.717, 1.165) is 25.9 Å². The zero-order chi connectivity index (χ0) is 26.5. The third kappa shape index (κ3) is 5.85. The van der Waals surface area contributed by atoms with Crippen LogP contribution in [-0.4, -0.2) is 42.5 Å². The fourth-order valence-corrected chi connectivity index (χ4v) is 5.62. The Bertz CT molecular complexity index is 1550. The smallest absolute Gasteiger partial charge is 0.263 e. The standard InChI is InChI=1S/C26H24ClFN6O3S/c27-19-8-1-2-11-23(19)38(35,36)34-21-9-3-10-22(24(21)28)37-25-18(7-5-14-30-25)20-12-15-31-26(33-20)32-17-6-4-13-29-16-17/h1-3,5,7-12,14-15,17,29,34H,4,6,13,16H2,(H,31,32,33). The molecule has 4 aromatic rings. The molecule has 5 rings (SSSR count). The summed E-state index contributed by atoms with van der Waals surface area (Å²) in [5, 5.41) is 6.69. The van der Waals surface area contributed by atoms with Crippen LogP contribution in [0, 0.1) is 5.82 Å². The molecular weight excluding hydrogens is 531 g/mol. The van der Waals surface area contributed by atoms with Gasteiger partial charge in [0.05, 0.1) is 22.0 Å². The molecule has 3 N–H and O–H groups in total. The molecule has 196 valence electrons. The molecule has 9 nitrogen and oxygen atoms in total. The molecule has 0 spiro atoms. The molecule has 2 aromatic heterocycles. The number of aromatic nitrogens is 3. The normalized spacial score (nSPS) is 15.6. The molecule has 0 bridgehead atoms. The third-order valence-electron chi connectivity index (χ3n) is 5.87. The van der Waals surface area contributed by atoms with E-state index in [2.05, 4.69) is 30.3 Å². The lowest BCUT2D eigenvalue weighted by molar-refractivity contribution is 0.430. The molecule has 1 atom stereocenters. The number of sulfonamides is 1. The Morgan fingerprint density at radius 3 is 2.71 bits per heavy atom. The Morgan fingerprint density at radius 2 is 1.89 bits per heavy atom. The van der Waals surface area contributed by atoms with Crippen LogP contribution in [0.5, 0.6) is 11.6 Å². The van der Waals surface area contributed by atoms with Crippen molar-refractivity contribution in [1.29, 1.82) is 0 Å². The van der Waals surface area contributed by atoms with Gasteiger partial charge in [-0.25, -0.2) is 27.8 Å². The number of piperidine rings is 1. The molecule has 3 heterocycles. The van der Waals surface area contributed by atoms with E-state index in [0.29, 0.717) is 17.2 Å². The Kier molecular flexibility index (Phi) is 7.68. The fraction of sp³-hybridized carbons (Fsp3) is 0.192. The first-order valence-electron chi connectivity index (χ1n) is 11.9. The van der Waals surface area contributed by atoms with Crippen molar-refractivity contribution in [2.75, 3.05) is 23.1 Å². The summed E-state index contributed by atoms with van der Waals surface area (Å²) in [4.78, 5) is 13.0. The topological polar surface area (TPSA) is 118 Å². The van der Waals surface area contributed by atoms with Gasteiger partial charge in [0.25, 0.3) is 10.0 Å². The number of rotatable bonds is 8. The highest BCUT2D eigenvalue weighted by Gasteiger charge is 2.22. The van der Waals surface area contributed by atoms with Crippen molar-refractivity contribution in [1.82, 2.24) is 20.3 Å². The van der Waals surface area contributed by atoms with E-state index in [1.165, 1.54) is 42.6 Å². The minimum Gasteiger partial charge on any atom is -0.435 e. The van der Waals surface area contributed by atoms with Gasteiger partial charge < -0.3 is 15.4 Å². The maximum atomic E-state index is 15.4. The number of halogens is 2. The highest BCUT2D eigenvalue weighted by atomic mass is 35.5. The summed E-state index contributed by atoms with van der Waals surface area (Å²) in [7, 11) is -4.15. The minimum absolute atomic E-state index is 0.0180. The fourth-order valence-electron chi connectivity index (χ4n) is 4.04. The average Bonchev–Trinajstić information content (AvgIpc) is 2.92. The first-order chi connectivity index (χ1) is 18.4. The van der Waals surface area contributed by atoms with Gasteiger partial charge in [-0.05, 0) is 61.9 Å². The molecule has 1 aliphatic heterocycles. The molecule has 2 aromatic carbocycles. The first kappa shape index (κ1) is 25.8. The quantitative estimate of drug-likeness (QED) is 0.276. The van der Waals surface area contributed by atoms with Crippen LogP contribution in [0.4, 0.5) is 16.0 Å². The second-order valence-corrected chi connectivity index (χ2v) is 10.6. The van der Waals surface area contributed by atoms with Crippen molar-refractivity contribution in [3.63, 3.8) is 0 Å². The number of ether oxygens (including phenoxy) is 1. The molecule has 0 aliphatic carbocycles. The van der Waals surface area contributed by atoms with E-state index in [1.807, 2.05) is 0 Å². The highest BCUT2D eigenvalue weighted by Crippen LogP contribution is 2.34. The zero-order valence-electron chi connectivity index (χ0n) is 20.1. The molecule has 0 radical (unpaired) electrons. The molecule has 1 unspecified atom stereocenters. The molecule has 0 amide bonds. The number of nitrogens with zero attached hydrogens (tertiary/aromatic N) is 3. The van der Waals surface area contributed by atoms with Crippen molar-refractivity contribution in [3.05, 3.63) is 83.9 Å². The van der Waals surface area contributed by atoms with Gasteiger partial charge in [-0.2, -0.15) is 0 Å². The number of pyridine rings is 1. The molecule has 12 heteroatoms. The molecule has 38 heavy (non-hydrogen) atoms. The lowest BCUT2D eigenvalue weighted by atomic mass is 10.1. The van der Waals surface area contributed by atoms with Crippen LogP contribution in [-0.2, 0) is 10.0 Å². The summed E-state index contributed by atoms with van der Waals surface area (Å²) < 4.78 is 49.1. The summed E-state index contributed by atoms with van der Waals surface area (Å²) in [6.07, 6.45) is 5.21. The van der Waals surface area contributed by atoms with Crippen molar-refractivity contribution >= 4 is 33.3 Å². The first-order valence-corrected chi connectivity index (χ1v) is 13.8. The van der Waals surface area contributed by atoms with Crippen molar-refractivity contribution in [2.45, 2.75) is 23.8 Å². The Labute approximate surface area is 224 Å². The van der Waals surface area contributed by atoms with Gasteiger partial charge in [0, 0.05) is 25.0 Å². The summed E-state index contributed by atoms with van der Waals surface area (Å²) >= 11 is 6.03. The maximum absolute atomic E-state index is 15.4. The number of hydrogen-bond acceptors (Lipinski definition) is 8. The maximum Gasteiger partial charge on any atom is 0.263 e. The highest BCUT2D eigenvalue weighted by molar-refractivity contribution is 7.92. The molecule has 1 saturated heterocycles. The lowest BCUT2D eigenvalue weighted by Gasteiger charge is -2.23. The van der Waals surface area contributed by atoms with E-state index in [-0.39, 0.29) is 33.3 Å². The van der Waals surface area contributed by atoms with Crippen LogP contribution >= 0.6 is 11.6 Å². The van der Waals surface area contributed by atoms with Crippen LogP contribution < -0.4 is 20.1 Å². The summed E-state index contributed by atoms with van der Waals surface area (Å²) in [6, 6.07) is 15.4. The minimum atomic E-state index is -4.15. The van der Waals surface area contributed by atoms with Gasteiger partial charge >= 0.3 is 0 Å². The summed E-state index contributed by atoms with van der Waals surface area (Å²) in [6.45, 7) is 1.82. The van der Waals surface area contributed by atoms with E-state index in [1.54, 1.807) is 30.5 Å². The van der Waals surface area contributed by atoms with E-state index in [9.17, 15) is 8.42 Å². The summed E-state index contributed by atoms with van der Waals surface area (Å²) in [5.41, 5.74) is 0.751. The van der Waals surface area contributed by atoms with Crippen LogP contribution in [0.2, 0.25) is 5.02 Å². The van der Waals surface area contributed by atoms with Crippen LogP contribution in [0.1, 0.15) is 12.8 Å². The lowest BCUT2D eigenvalue weighted by Crippen LogP contribution is -2.38.